The molecular formula is C28H36ClN5O3S. The van der Waals surface area contributed by atoms with Gasteiger partial charge in [-0.3, -0.25) is 9.36 Å². The van der Waals surface area contributed by atoms with Gasteiger partial charge >= 0.3 is 0 Å². The van der Waals surface area contributed by atoms with E-state index in [9.17, 15) is 13.2 Å². The summed E-state index contributed by atoms with van der Waals surface area (Å²) in [5, 5.41) is 3.67. The normalized spacial score (nSPS) is 18.9. The summed E-state index contributed by atoms with van der Waals surface area (Å²) < 4.78 is 28.6. The van der Waals surface area contributed by atoms with E-state index in [1.165, 1.54) is 12.8 Å². The largest absolute Gasteiger partial charge is 0.324 e. The Hall–Kier alpha value is -2.49. The maximum absolute atomic E-state index is 13.5. The van der Waals surface area contributed by atoms with E-state index in [2.05, 4.69) is 27.2 Å². The quantitative estimate of drug-likeness (QED) is 0.442. The molecule has 0 unspecified atom stereocenters. The Balaban J connectivity index is 1.35. The van der Waals surface area contributed by atoms with Crippen molar-refractivity contribution < 1.29 is 8.42 Å². The summed E-state index contributed by atoms with van der Waals surface area (Å²) in [4.78, 5) is 24.3. The summed E-state index contributed by atoms with van der Waals surface area (Å²) >= 11 is 6.12. The lowest BCUT2D eigenvalue weighted by atomic mass is 9.68. The average molecular weight is 558 g/mol. The molecule has 0 radical (unpaired) electrons. The number of nitrogens with one attached hydrogen (secondary N) is 1. The Morgan fingerprint density at radius 3 is 2.42 bits per heavy atom. The lowest BCUT2D eigenvalue weighted by molar-refractivity contribution is 0.0816. The van der Waals surface area contributed by atoms with Crippen molar-refractivity contribution in [2.75, 3.05) is 25.5 Å². The van der Waals surface area contributed by atoms with Crippen LogP contribution in [0.25, 0.3) is 11.0 Å². The summed E-state index contributed by atoms with van der Waals surface area (Å²) in [7, 11) is -1.25. The van der Waals surface area contributed by atoms with Gasteiger partial charge in [0.1, 0.15) is 10.7 Å². The van der Waals surface area contributed by atoms with Crippen molar-refractivity contribution in [3.8, 4) is 0 Å². The smallest absolute Gasteiger partial charge is 0.271 e. The fourth-order valence-corrected chi connectivity index (χ4v) is 8.05. The van der Waals surface area contributed by atoms with Crippen LogP contribution in [0.3, 0.4) is 0 Å². The van der Waals surface area contributed by atoms with E-state index in [0.29, 0.717) is 33.0 Å². The Kier molecular flexibility index (Phi) is 7.30. The lowest BCUT2D eigenvalue weighted by Gasteiger charge is -2.45. The molecule has 1 aliphatic carbocycles. The highest BCUT2D eigenvalue weighted by molar-refractivity contribution is 7.92. The number of hydrogen-bond acceptors (Lipinski definition) is 7. The Labute approximate surface area is 229 Å². The van der Waals surface area contributed by atoms with Crippen molar-refractivity contribution in [1.29, 1.82) is 0 Å². The van der Waals surface area contributed by atoms with Gasteiger partial charge in [-0.15, -0.1) is 0 Å². The molecule has 1 saturated carbocycles. The maximum atomic E-state index is 13.5. The van der Waals surface area contributed by atoms with E-state index >= 15 is 0 Å². The minimum absolute atomic E-state index is 0.127. The number of piperidine rings is 1. The molecule has 2 fully saturated rings. The molecule has 0 atom stereocenters. The summed E-state index contributed by atoms with van der Waals surface area (Å²) in [6, 6.07) is 6.63. The second kappa shape index (κ2) is 10.2. The molecule has 10 heteroatoms. The van der Waals surface area contributed by atoms with E-state index in [-0.39, 0.29) is 21.9 Å². The van der Waals surface area contributed by atoms with Gasteiger partial charge in [-0.2, -0.15) is 4.98 Å². The average Bonchev–Trinajstić information content (AvgIpc) is 2.88. The van der Waals surface area contributed by atoms with Crippen LogP contribution in [0.1, 0.15) is 64.0 Å². The summed E-state index contributed by atoms with van der Waals surface area (Å²) in [6.45, 7) is 7.89. The number of aryl methyl sites for hydroxylation is 1. The minimum atomic E-state index is -3.41. The van der Waals surface area contributed by atoms with Crippen molar-refractivity contribution >= 4 is 44.1 Å². The fraction of sp³-hybridized carbons (Fsp3) is 0.536. The Bertz CT molecular complexity index is 1520. The zero-order valence-electron chi connectivity index (χ0n) is 22.5. The molecule has 1 saturated heterocycles. The highest BCUT2D eigenvalue weighted by Crippen LogP contribution is 2.46. The molecule has 1 spiro atoms. The van der Waals surface area contributed by atoms with Gasteiger partial charge < -0.3 is 10.2 Å². The Morgan fingerprint density at radius 2 is 1.79 bits per heavy atom. The van der Waals surface area contributed by atoms with Crippen molar-refractivity contribution in [2.24, 2.45) is 5.41 Å². The highest BCUT2D eigenvalue weighted by atomic mass is 35.5. The van der Waals surface area contributed by atoms with Crippen molar-refractivity contribution in [3.63, 3.8) is 0 Å². The van der Waals surface area contributed by atoms with Gasteiger partial charge in [0.15, 0.2) is 9.84 Å². The second-order valence-corrected chi connectivity index (χ2v) is 14.0. The molecule has 38 heavy (non-hydrogen) atoms. The molecule has 1 N–H and O–H groups in total. The minimum Gasteiger partial charge on any atom is -0.324 e. The molecule has 204 valence electrons. The first-order valence-electron chi connectivity index (χ1n) is 13.4. The van der Waals surface area contributed by atoms with E-state index in [4.69, 9.17) is 11.6 Å². The van der Waals surface area contributed by atoms with Gasteiger partial charge in [-0.25, -0.2) is 13.4 Å². The third-order valence-corrected chi connectivity index (χ3v) is 11.0. The number of aromatic nitrogens is 3. The number of nitrogens with zero attached hydrogens (tertiary/aromatic N) is 4. The number of fused-ring (bicyclic) bond motifs is 1. The van der Waals surface area contributed by atoms with Gasteiger partial charge in [-0.1, -0.05) is 11.6 Å². The van der Waals surface area contributed by atoms with Crippen LogP contribution in [0.15, 0.2) is 40.2 Å². The number of anilines is 2. The molecule has 3 heterocycles. The van der Waals surface area contributed by atoms with Gasteiger partial charge in [0, 0.05) is 23.3 Å². The number of hydrogen-bond donors (Lipinski definition) is 1. The van der Waals surface area contributed by atoms with E-state index < -0.39 is 9.84 Å². The monoisotopic (exact) mass is 557 g/mol. The van der Waals surface area contributed by atoms with E-state index in [0.717, 1.165) is 44.3 Å². The molecule has 0 bridgehead atoms. The predicted molar refractivity (Wildman–Crippen MR) is 152 cm³/mol. The summed E-state index contributed by atoms with van der Waals surface area (Å²) in [5.74, 6) is 0.322. The van der Waals surface area contributed by atoms with Crippen LogP contribution >= 0.6 is 11.6 Å². The third kappa shape index (κ3) is 5.08. The molecule has 2 aromatic heterocycles. The zero-order valence-corrected chi connectivity index (χ0v) is 24.1. The number of rotatable bonds is 5. The third-order valence-electron chi connectivity index (χ3n) is 8.50. The van der Waals surface area contributed by atoms with Gasteiger partial charge in [0.2, 0.25) is 5.95 Å². The second-order valence-electron chi connectivity index (χ2n) is 11.4. The predicted octanol–water partition coefficient (Wildman–Crippen LogP) is 5.51. The number of likely N-dealkylation sites (tertiary alicyclic amines) is 1. The fourth-order valence-electron chi connectivity index (χ4n) is 6.00. The molecule has 5 rings (SSSR count). The van der Waals surface area contributed by atoms with Crippen LogP contribution in [0.5, 0.6) is 0 Å². The molecule has 0 amide bonds. The van der Waals surface area contributed by atoms with Crippen molar-refractivity contribution in [3.05, 3.63) is 51.4 Å². The standard InChI is InChI=1S/C28H36ClN5O3S/c1-18(2)34-25-20(16-23(29)26(34)35)17-30-27(32-25)31-24-6-5-22(15-19(24)3)38(36,37)21-7-9-28(10-8-21)11-13-33(4)14-12-28/h5-6,15-18,21H,7-14H2,1-4H3,(H,30,31,32). The van der Waals surface area contributed by atoms with Crippen molar-refractivity contribution in [2.45, 2.75) is 75.5 Å². The van der Waals surface area contributed by atoms with Crippen LogP contribution in [0, 0.1) is 12.3 Å². The maximum Gasteiger partial charge on any atom is 0.271 e. The first-order chi connectivity index (χ1) is 18.0. The molecule has 2 aliphatic rings. The van der Waals surface area contributed by atoms with Gasteiger partial charge in [0.05, 0.1) is 10.1 Å². The van der Waals surface area contributed by atoms with E-state index in [1.807, 2.05) is 20.8 Å². The van der Waals surface area contributed by atoms with Crippen LogP contribution in [-0.2, 0) is 9.84 Å². The zero-order chi connectivity index (χ0) is 27.2. The SMILES string of the molecule is Cc1cc(S(=O)(=O)C2CCC3(CC2)CCN(C)CC3)ccc1Nc1ncc2cc(Cl)c(=O)n(C(C)C)c2n1. The van der Waals surface area contributed by atoms with Crippen LogP contribution in [0.4, 0.5) is 11.6 Å². The van der Waals surface area contributed by atoms with Crippen LogP contribution < -0.4 is 10.9 Å². The first kappa shape index (κ1) is 27.1. The van der Waals surface area contributed by atoms with Gasteiger partial charge in [0.25, 0.3) is 5.56 Å². The highest BCUT2D eigenvalue weighted by Gasteiger charge is 2.41. The topological polar surface area (TPSA) is 97.2 Å². The molecule has 3 aromatic rings. The Morgan fingerprint density at radius 1 is 1.11 bits per heavy atom. The van der Waals surface area contributed by atoms with Crippen LogP contribution in [-0.4, -0.2) is 53.2 Å². The molecule has 8 nitrogen and oxygen atoms in total. The summed E-state index contributed by atoms with van der Waals surface area (Å²) in [6.07, 6.45) is 7.43. The number of sulfone groups is 1. The van der Waals surface area contributed by atoms with Crippen LogP contribution in [0.2, 0.25) is 5.02 Å². The molecule has 1 aliphatic heterocycles. The lowest BCUT2D eigenvalue weighted by Crippen LogP contribution is -2.42. The van der Waals surface area contributed by atoms with Crippen molar-refractivity contribution in [1.82, 2.24) is 19.4 Å². The van der Waals surface area contributed by atoms with Gasteiger partial charge in [-0.05, 0) is 115 Å². The number of benzene rings is 1. The van der Waals surface area contributed by atoms with E-state index in [1.54, 1.807) is 35.0 Å². The number of pyridine rings is 1. The summed E-state index contributed by atoms with van der Waals surface area (Å²) in [5.41, 5.74) is 2.02. The first-order valence-corrected chi connectivity index (χ1v) is 15.3. The molecule has 1 aromatic carbocycles. The molecular weight excluding hydrogens is 522 g/mol. The number of halogens is 1.